The smallest absolute Gasteiger partial charge is 0.230 e. The average molecular weight is 270 g/mol. The van der Waals surface area contributed by atoms with Crippen molar-refractivity contribution in [2.24, 2.45) is 11.1 Å². The highest BCUT2D eigenvalue weighted by Gasteiger charge is 2.44. The number of nitrogens with two attached hydrogens (primary N) is 1. The summed E-state index contributed by atoms with van der Waals surface area (Å²) in [4.78, 5) is 12.1. The van der Waals surface area contributed by atoms with Gasteiger partial charge in [-0.05, 0) is 24.6 Å². The van der Waals surface area contributed by atoms with E-state index in [4.69, 9.17) is 10.5 Å². The fraction of sp³-hybridized carbons (Fsp3) is 0.462. The highest BCUT2D eigenvalue weighted by Crippen LogP contribution is 2.27. The van der Waals surface area contributed by atoms with E-state index in [0.29, 0.717) is 12.2 Å². The zero-order chi connectivity index (χ0) is 14.0. The second-order valence-electron chi connectivity index (χ2n) is 4.97. The van der Waals surface area contributed by atoms with Gasteiger partial charge in [0.05, 0.1) is 18.6 Å². The van der Waals surface area contributed by atoms with Crippen molar-refractivity contribution >= 4 is 5.91 Å². The topological polar surface area (TPSA) is 64.3 Å². The number of hydrogen-bond donors (Lipinski definition) is 2. The van der Waals surface area contributed by atoms with Gasteiger partial charge in [-0.1, -0.05) is 6.07 Å². The number of halogens is 2. The van der Waals surface area contributed by atoms with Crippen LogP contribution in [0.25, 0.3) is 0 Å². The molecule has 1 saturated heterocycles. The molecule has 0 saturated carbocycles. The fourth-order valence-electron chi connectivity index (χ4n) is 1.96. The minimum atomic E-state index is -0.932. The van der Waals surface area contributed by atoms with Crippen molar-refractivity contribution in [2.45, 2.75) is 19.5 Å². The summed E-state index contributed by atoms with van der Waals surface area (Å²) in [6.07, 6.45) is 0. The second-order valence-corrected chi connectivity index (χ2v) is 4.97. The van der Waals surface area contributed by atoms with Gasteiger partial charge in [0.25, 0.3) is 0 Å². The normalized spacial score (nSPS) is 26.4. The summed E-state index contributed by atoms with van der Waals surface area (Å²) < 4.78 is 31.0. The quantitative estimate of drug-likeness (QED) is 0.859. The number of carbonyl (C=O) groups is 1. The van der Waals surface area contributed by atoms with E-state index in [1.54, 1.807) is 6.92 Å². The molecule has 0 radical (unpaired) electrons. The Morgan fingerprint density at radius 3 is 2.84 bits per heavy atom. The van der Waals surface area contributed by atoms with Crippen LogP contribution >= 0.6 is 0 Å². The van der Waals surface area contributed by atoms with Crippen molar-refractivity contribution in [3.8, 4) is 0 Å². The SMILES string of the molecule is CC1(C(=O)NCc2ccc(F)c(F)c2)COCC1N. The number of rotatable bonds is 3. The Balaban J connectivity index is 1.98. The monoisotopic (exact) mass is 270 g/mol. The molecule has 6 heteroatoms. The van der Waals surface area contributed by atoms with E-state index >= 15 is 0 Å². The Kier molecular flexibility index (Phi) is 3.82. The maximum Gasteiger partial charge on any atom is 0.230 e. The Labute approximate surface area is 109 Å². The van der Waals surface area contributed by atoms with Crippen LogP contribution in [0.3, 0.4) is 0 Å². The van der Waals surface area contributed by atoms with Gasteiger partial charge in [-0.3, -0.25) is 4.79 Å². The van der Waals surface area contributed by atoms with Crippen LogP contribution in [0, 0.1) is 17.0 Å². The molecule has 0 bridgehead atoms. The molecule has 1 aliphatic rings. The zero-order valence-electron chi connectivity index (χ0n) is 10.6. The molecule has 1 aromatic carbocycles. The van der Waals surface area contributed by atoms with Crippen molar-refractivity contribution in [2.75, 3.05) is 13.2 Å². The van der Waals surface area contributed by atoms with Gasteiger partial charge in [0, 0.05) is 12.6 Å². The summed E-state index contributed by atoms with van der Waals surface area (Å²) in [7, 11) is 0. The maximum absolute atomic E-state index is 13.0. The van der Waals surface area contributed by atoms with Gasteiger partial charge in [0.2, 0.25) is 5.91 Å². The van der Waals surface area contributed by atoms with Crippen LogP contribution in [0.1, 0.15) is 12.5 Å². The first-order valence-corrected chi connectivity index (χ1v) is 5.99. The molecule has 1 fully saturated rings. The summed E-state index contributed by atoms with van der Waals surface area (Å²) in [6.45, 7) is 2.45. The average Bonchev–Trinajstić information content (AvgIpc) is 2.72. The minimum absolute atomic E-state index is 0.123. The number of nitrogens with one attached hydrogen (secondary N) is 1. The summed E-state index contributed by atoms with van der Waals surface area (Å²) in [5.41, 5.74) is 5.54. The third-order valence-electron chi connectivity index (χ3n) is 3.47. The van der Waals surface area contributed by atoms with Gasteiger partial charge in [0.15, 0.2) is 11.6 Å². The highest BCUT2D eigenvalue weighted by atomic mass is 19.2. The third kappa shape index (κ3) is 2.74. The van der Waals surface area contributed by atoms with E-state index < -0.39 is 17.0 Å². The molecule has 19 heavy (non-hydrogen) atoms. The first-order valence-electron chi connectivity index (χ1n) is 5.99. The fourth-order valence-corrected chi connectivity index (χ4v) is 1.96. The summed E-state index contributed by atoms with van der Waals surface area (Å²) >= 11 is 0. The summed E-state index contributed by atoms with van der Waals surface area (Å²) in [5, 5.41) is 2.67. The predicted molar refractivity (Wildman–Crippen MR) is 65.1 cm³/mol. The van der Waals surface area contributed by atoms with Gasteiger partial charge in [-0.15, -0.1) is 0 Å². The first kappa shape index (κ1) is 13.9. The highest BCUT2D eigenvalue weighted by molar-refractivity contribution is 5.83. The van der Waals surface area contributed by atoms with Crippen LogP contribution in [-0.4, -0.2) is 25.2 Å². The van der Waals surface area contributed by atoms with Gasteiger partial charge in [-0.25, -0.2) is 8.78 Å². The third-order valence-corrected chi connectivity index (χ3v) is 3.47. The van der Waals surface area contributed by atoms with Crippen LogP contribution in [-0.2, 0) is 16.1 Å². The van der Waals surface area contributed by atoms with E-state index in [1.807, 2.05) is 0 Å². The first-order chi connectivity index (χ1) is 8.93. The van der Waals surface area contributed by atoms with Crippen LogP contribution in [0.5, 0.6) is 0 Å². The van der Waals surface area contributed by atoms with Crippen molar-refractivity contribution in [3.05, 3.63) is 35.4 Å². The number of ether oxygens (including phenoxy) is 1. The Morgan fingerprint density at radius 2 is 2.26 bits per heavy atom. The molecule has 3 N–H and O–H groups in total. The molecule has 2 unspecified atom stereocenters. The minimum Gasteiger partial charge on any atom is -0.379 e. The molecule has 0 spiro atoms. The molecule has 1 heterocycles. The van der Waals surface area contributed by atoms with Crippen molar-refractivity contribution in [3.63, 3.8) is 0 Å². The summed E-state index contributed by atoms with van der Waals surface area (Å²) in [5.74, 6) is -2.09. The molecule has 0 aromatic heterocycles. The lowest BCUT2D eigenvalue weighted by molar-refractivity contribution is -0.130. The molecule has 2 atom stereocenters. The molecule has 104 valence electrons. The lowest BCUT2D eigenvalue weighted by Gasteiger charge is -2.25. The van der Waals surface area contributed by atoms with Crippen molar-refractivity contribution in [1.29, 1.82) is 0 Å². The van der Waals surface area contributed by atoms with Crippen LogP contribution in [0.2, 0.25) is 0 Å². The Hall–Kier alpha value is -1.53. The van der Waals surface area contributed by atoms with Gasteiger partial charge >= 0.3 is 0 Å². The number of hydrogen-bond acceptors (Lipinski definition) is 3. The van der Waals surface area contributed by atoms with Gasteiger partial charge < -0.3 is 15.8 Å². The predicted octanol–water partition coefficient (Wildman–Crippen LogP) is 0.945. The standard InChI is InChI=1S/C13H16F2N2O2/c1-13(7-19-6-11(13)16)12(18)17-5-8-2-3-9(14)10(15)4-8/h2-4,11H,5-7,16H2,1H3,(H,17,18). The molecule has 1 amide bonds. The van der Waals surface area contributed by atoms with E-state index in [9.17, 15) is 13.6 Å². The van der Waals surface area contributed by atoms with E-state index in [1.165, 1.54) is 6.07 Å². The molecule has 1 aromatic rings. The largest absolute Gasteiger partial charge is 0.379 e. The molecule has 1 aliphatic heterocycles. The van der Waals surface area contributed by atoms with Crippen LogP contribution < -0.4 is 11.1 Å². The van der Waals surface area contributed by atoms with Crippen molar-refractivity contribution in [1.82, 2.24) is 5.32 Å². The lowest BCUT2D eigenvalue weighted by atomic mass is 9.85. The molecular weight excluding hydrogens is 254 g/mol. The van der Waals surface area contributed by atoms with Crippen molar-refractivity contribution < 1.29 is 18.3 Å². The zero-order valence-corrected chi connectivity index (χ0v) is 10.6. The summed E-state index contributed by atoms with van der Waals surface area (Å²) in [6, 6.07) is 3.15. The van der Waals surface area contributed by atoms with Gasteiger partial charge in [-0.2, -0.15) is 0 Å². The molecule has 4 nitrogen and oxygen atoms in total. The number of benzene rings is 1. The van der Waals surface area contributed by atoms with Gasteiger partial charge in [0.1, 0.15) is 0 Å². The van der Waals surface area contributed by atoms with Crippen LogP contribution in [0.15, 0.2) is 18.2 Å². The molecule has 2 rings (SSSR count). The number of carbonyl (C=O) groups excluding carboxylic acids is 1. The maximum atomic E-state index is 13.0. The Bertz CT molecular complexity index is 496. The van der Waals surface area contributed by atoms with E-state index in [2.05, 4.69) is 5.32 Å². The van der Waals surface area contributed by atoms with Crippen LogP contribution in [0.4, 0.5) is 8.78 Å². The molecule has 0 aliphatic carbocycles. The Morgan fingerprint density at radius 1 is 1.53 bits per heavy atom. The second kappa shape index (κ2) is 5.22. The van der Waals surface area contributed by atoms with E-state index in [0.717, 1.165) is 12.1 Å². The lowest BCUT2D eigenvalue weighted by Crippen LogP contribution is -2.49. The van der Waals surface area contributed by atoms with E-state index in [-0.39, 0.29) is 25.1 Å². The number of amides is 1. The molecular formula is C13H16F2N2O2.